The number of rotatable bonds is 2. The molecule has 1 aliphatic rings. The Labute approximate surface area is 128 Å². The molecule has 3 rings (SSSR count). The van der Waals surface area contributed by atoms with E-state index in [1.165, 1.54) is 0 Å². The van der Waals surface area contributed by atoms with Crippen molar-refractivity contribution >= 4 is 28.7 Å². The van der Waals surface area contributed by atoms with Crippen molar-refractivity contribution in [1.82, 2.24) is 9.78 Å². The molecule has 2 aromatic rings. The maximum Gasteiger partial charge on any atom is 0.231 e. The van der Waals surface area contributed by atoms with Crippen LogP contribution in [0.1, 0.15) is 11.4 Å². The summed E-state index contributed by atoms with van der Waals surface area (Å²) in [5.74, 6) is 1.47. The van der Waals surface area contributed by atoms with E-state index in [2.05, 4.69) is 15.7 Å². The molecule has 110 valence electrons. The van der Waals surface area contributed by atoms with E-state index in [1.807, 2.05) is 43.8 Å². The third kappa shape index (κ3) is 2.64. The van der Waals surface area contributed by atoms with E-state index in [0.29, 0.717) is 5.11 Å². The number of aromatic nitrogens is 2. The van der Waals surface area contributed by atoms with Gasteiger partial charge in [-0.2, -0.15) is 5.10 Å². The number of nitrogens with one attached hydrogen (secondary N) is 2. The van der Waals surface area contributed by atoms with Crippen LogP contribution in [0.15, 0.2) is 18.2 Å². The number of thiocarbonyl (C=S) groups is 1. The van der Waals surface area contributed by atoms with Gasteiger partial charge in [-0.25, -0.2) is 0 Å². The van der Waals surface area contributed by atoms with Gasteiger partial charge < -0.3 is 20.1 Å². The molecule has 1 aliphatic heterocycles. The number of aryl methyl sites for hydroxylation is 2. The summed E-state index contributed by atoms with van der Waals surface area (Å²) >= 11 is 5.34. The Bertz CT molecular complexity index is 711. The molecule has 0 aliphatic carbocycles. The van der Waals surface area contributed by atoms with Crippen LogP contribution in [0, 0.1) is 13.8 Å². The van der Waals surface area contributed by atoms with Gasteiger partial charge in [0.05, 0.1) is 17.1 Å². The lowest BCUT2D eigenvalue weighted by Crippen LogP contribution is -2.19. The van der Waals surface area contributed by atoms with Gasteiger partial charge in [0.25, 0.3) is 0 Å². The van der Waals surface area contributed by atoms with Crippen molar-refractivity contribution in [2.24, 2.45) is 7.05 Å². The summed E-state index contributed by atoms with van der Waals surface area (Å²) in [7, 11) is 1.90. The van der Waals surface area contributed by atoms with Crippen molar-refractivity contribution in [2.75, 3.05) is 17.4 Å². The number of fused-ring (bicyclic) bond motifs is 1. The summed E-state index contributed by atoms with van der Waals surface area (Å²) in [5.41, 5.74) is 3.71. The van der Waals surface area contributed by atoms with Gasteiger partial charge in [-0.1, -0.05) is 0 Å². The number of anilines is 2. The van der Waals surface area contributed by atoms with Crippen LogP contribution in [-0.2, 0) is 7.05 Å². The van der Waals surface area contributed by atoms with E-state index in [1.54, 1.807) is 0 Å². The standard InChI is InChI=1S/C14H16N4O2S/c1-8-13(9(2)18(3)17-8)16-14(21)15-10-4-5-11-12(6-10)20-7-19-11/h4-6H,7H2,1-3H3,(H2,15,16,21). The zero-order valence-electron chi connectivity index (χ0n) is 12.1. The van der Waals surface area contributed by atoms with Crippen LogP contribution in [-0.4, -0.2) is 21.7 Å². The molecule has 2 N–H and O–H groups in total. The number of benzene rings is 1. The molecular weight excluding hydrogens is 288 g/mol. The fourth-order valence-corrected chi connectivity index (χ4v) is 2.42. The topological polar surface area (TPSA) is 60.3 Å². The normalized spacial score (nSPS) is 12.3. The third-order valence-corrected chi connectivity index (χ3v) is 3.58. The Balaban J connectivity index is 1.72. The molecule has 0 spiro atoms. The van der Waals surface area contributed by atoms with Gasteiger partial charge in [-0.05, 0) is 38.2 Å². The molecule has 0 atom stereocenters. The van der Waals surface area contributed by atoms with Crippen LogP contribution in [0.25, 0.3) is 0 Å². The Kier molecular flexibility index (Phi) is 3.42. The minimum atomic E-state index is 0.259. The fraction of sp³-hybridized carbons (Fsp3) is 0.286. The maximum absolute atomic E-state index is 5.34. The highest BCUT2D eigenvalue weighted by Crippen LogP contribution is 2.34. The zero-order chi connectivity index (χ0) is 15.0. The molecule has 2 heterocycles. The Hall–Kier alpha value is -2.28. The van der Waals surface area contributed by atoms with Crippen molar-refractivity contribution in [3.05, 3.63) is 29.6 Å². The second-order valence-corrected chi connectivity index (χ2v) is 5.22. The first kappa shape index (κ1) is 13.7. The Morgan fingerprint density at radius 3 is 2.71 bits per heavy atom. The monoisotopic (exact) mass is 304 g/mol. The van der Waals surface area contributed by atoms with Gasteiger partial charge in [0.1, 0.15) is 0 Å². The molecule has 21 heavy (non-hydrogen) atoms. The quantitative estimate of drug-likeness (QED) is 0.832. The summed E-state index contributed by atoms with van der Waals surface area (Å²) in [4.78, 5) is 0. The summed E-state index contributed by atoms with van der Waals surface area (Å²) in [6.07, 6.45) is 0. The van der Waals surface area contributed by atoms with Crippen molar-refractivity contribution in [3.8, 4) is 11.5 Å². The molecule has 0 bridgehead atoms. The van der Waals surface area contributed by atoms with Gasteiger partial charge in [-0.3, -0.25) is 4.68 Å². The largest absolute Gasteiger partial charge is 0.454 e. The van der Waals surface area contributed by atoms with Crippen LogP contribution < -0.4 is 20.1 Å². The molecule has 7 heteroatoms. The predicted octanol–water partition coefficient (Wildman–Crippen LogP) is 2.57. The van der Waals surface area contributed by atoms with E-state index in [0.717, 1.165) is 34.3 Å². The van der Waals surface area contributed by atoms with E-state index < -0.39 is 0 Å². The van der Waals surface area contributed by atoms with Gasteiger partial charge >= 0.3 is 0 Å². The van der Waals surface area contributed by atoms with Crippen LogP contribution in [0.3, 0.4) is 0 Å². The lowest BCUT2D eigenvalue weighted by atomic mass is 10.3. The first-order valence-electron chi connectivity index (χ1n) is 6.52. The number of hydrogen-bond donors (Lipinski definition) is 2. The molecule has 0 amide bonds. The average molecular weight is 304 g/mol. The third-order valence-electron chi connectivity index (χ3n) is 3.38. The minimum Gasteiger partial charge on any atom is -0.454 e. The summed E-state index contributed by atoms with van der Waals surface area (Å²) in [6.45, 7) is 4.19. The molecule has 0 unspecified atom stereocenters. The molecule has 1 aromatic heterocycles. The van der Waals surface area contributed by atoms with Crippen LogP contribution in [0.5, 0.6) is 11.5 Å². The maximum atomic E-state index is 5.34. The van der Waals surface area contributed by atoms with Crippen molar-refractivity contribution in [1.29, 1.82) is 0 Å². The average Bonchev–Trinajstić information content (AvgIpc) is 2.99. The molecule has 0 radical (unpaired) electrons. The summed E-state index contributed by atoms with van der Waals surface area (Å²) < 4.78 is 12.4. The van der Waals surface area contributed by atoms with Crippen molar-refractivity contribution < 1.29 is 9.47 Å². The van der Waals surface area contributed by atoms with Crippen LogP contribution in [0.4, 0.5) is 11.4 Å². The second kappa shape index (κ2) is 5.25. The van der Waals surface area contributed by atoms with Gasteiger partial charge in [0, 0.05) is 18.8 Å². The predicted molar refractivity (Wildman–Crippen MR) is 85.1 cm³/mol. The smallest absolute Gasteiger partial charge is 0.231 e. The molecule has 6 nitrogen and oxygen atoms in total. The SMILES string of the molecule is Cc1nn(C)c(C)c1NC(=S)Nc1ccc2c(c1)OCO2. The summed E-state index contributed by atoms with van der Waals surface area (Å²) in [5, 5.41) is 11.2. The van der Waals surface area contributed by atoms with Gasteiger partial charge in [0.15, 0.2) is 16.6 Å². The fourth-order valence-electron chi connectivity index (χ4n) is 2.20. The molecule has 0 fully saturated rings. The highest BCUT2D eigenvalue weighted by molar-refractivity contribution is 7.80. The van der Waals surface area contributed by atoms with Crippen molar-refractivity contribution in [2.45, 2.75) is 13.8 Å². The first-order chi connectivity index (χ1) is 10.0. The molecule has 0 saturated carbocycles. The van der Waals surface area contributed by atoms with Gasteiger partial charge in [0.2, 0.25) is 6.79 Å². The lowest BCUT2D eigenvalue weighted by molar-refractivity contribution is 0.174. The highest BCUT2D eigenvalue weighted by atomic mass is 32.1. The minimum absolute atomic E-state index is 0.259. The van der Waals surface area contributed by atoms with Crippen LogP contribution in [0.2, 0.25) is 0 Å². The Morgan fingerprint density at radius 1 is 1.24 bits per heavy atom. The van der Waals surface area contributed by atoms with Crippen LogP contribution >= 0.6 is 12.2 Å². The highest BCUT2D eigenvalue weighted by Gasteiger charge is 2.14. The summed E-state index contributed by atoms with van der Waals surface area (Å²) in [6, 6.07) is 5.61. The molecular formula is C14H16N4O2S. The molecule has 0 saturated heterocycles. The zero-order valence-corrected chi connectivity index (χ0v) is 12.9. The van der Waals surface area contributed by atoms with E-state index >= 15 is 0 Å². The van der Waals surface area contributed by atoms with E-state index in [-0.39, 0.29) is 6.79 Å². The van der Waals surface area contributed by atoms with E-state index in [4.69, 9.17) is 21.7 Å². The second-order valence-electron chi connectivity index (χ2n) is 4.82. The first-order valence-corrected chi connectivity index (χ1v) is 6.93. The lowest BCUT2D eigenvalue weighted by Gasteiger charge is -2.11. The van der Waals surface area contributed by atoms with Crippen molar-refractivity contribution in [3.63, 3.8) is 0 Å². The number of nitrogens with zero attached hydrogens (tertiary/aromatic N) is 2. The van der Waals surface area contributed by atoms with Gasteiger partial charge in [-0.15, -0.1) is 0 Å². The number of hydrogen-bond acceptors (Lipinski definition) is 4. The Morgan fingerprint density at radius 2 is 2.00 bits per heavy atom. The van der Waals surface area contributed by atoms with E-state index in [9.17, 15) is 0 Å². The molecule has 1 aromatic carbocycles. The number of ether oxygens (including phenoxy) is 2.